The lowest BCUT2D eigenvalue weighted by molar-refractivity contribution is 0.0851. The van der Waals surface area contributed by atoms with Crippen LogP contribution in [-0.4, -0.2) is 22.6 Å². The van der Waals surface area contributed by atoms with E-state index in [0.717, 1.165) is 5.56 Å². The normalized spacial score (nSPS) is 17.8. The number of pyridine rings is 1. The number of rotatable bonds is 2. The Morgan fingerprint density at radius 3 is 3.10 bits per heavy atom. The molecule has 102 valence electrons. The molecule has 2 aromatic rings. The van der Waals surface area contributed by atoms with Gasteiger partial charge in [-0.2, -0.15) is 0 Å². The van der Waals surface area contributed by atoms with Gasteiger partial charge in [0, 0.05) is 11.8 Å². The quantitative estimate of drug-likeness (QED) is 0.375. The van der Waals surface area contributed by atoms with Crippen molar-refractivity contribution in [2.24, 2.45) is 10.9 Å². The van der Waals surface area contributed by atoms with Gasteiger partial charge in [0.2, 0.25) is 0 Å². The van der Waals surface area contributed by atoms with Crippen LogP contribution in [0.5, 0.6) is 11.6 Å². The van der Waals surface area contributed by atoms with E-state index in [1.807, 2.05) is 18.2 Å². The van der Waals surface area contributed by atoms with Gasteiger partial charge in [-0.15, -0.1) is 0 Å². The summed E-state index contributed by atoms with van der Waals surface area (Å²) < 4.78 is 11.4. The van der Waals surface area contributed by atoms with Gasteiger partial charge in [0.1, 0.15) is 6.61 Å². The fourth-order valence-electron chi connectivity index (χ4n) is 2.03. The number of hydrogen-bond donors (Lipinski definition) is 2. The average molecular weight is 271 g/mol. The topological polar surface area (TPSA) is 90.0 Å². The van der Waals surface area contributed by atoms with Crippen LogP contribution in [0.1, 0.15) is 17.2 Å². The third-order valence-electron chi connectivity index (χ3n) is 3.04. The lowest BCUT2D eigenvalue weighted by atomic mass is 10.1. The van der Waals surface area contributed by atoms with E-state index in [1.54, 1.807) is 24.4 Å². The molecule has 3 rings (SSSR count). The van der Waals surface area contributed by atoms with E-state index in [0.29, 0.717) is 23.8 Å². The van der Waals surface area contributed by atoms with Crippen LogP contribution in [-0.2, 0) is 0 Å². The third-order valence-corrected chi connectivity index (χ3v) is 3.04. The predicted molar refractivity (Wildman–Crippen MR) is 72.1 cm³/mol. The van der Waals surface area contributed by atoms with Gasteiger partial charge in [-0.05, 0) is 23.8 Å². The highest BCUT2D eigenvalue weighted by Gasteiger charge is 2.23. The Morgan fingerprint density at radius 1 is 1.35 bits per heavy atom. The summed E-state index contributed by atoms with van der Waals surface area (Å²) in [5.74, 6) is 1.16. The number of nitrogens with zero attached hydrogens (tertiary/aromatic N) is 2. The van der Waals surface area contributed by atoms with Crippen LogP contribution >= 0.6 is 0 Å². The summed E-state index contributed by atoms with van der Waals surface area (Å²) in [5, 5.41) is 11.7. The SMILES string of the molecule is N/C(=N\O)c1cccc(C2COc3cccnc3O2)c1. The van der Waals surface area contributed by atoms with E-state index in [4.69, 9.17) is 20.4 Å². The second kappa shape index (κ2) is 5.08. The largest absolute Gasteiger partial charge is 0.484 e. The Labute approximate surface area is 115 Å². The lowest BCUT2D eigenvalue weighted by Crippen LogP contribution is -2.23. The molecule has 1 aliphatic rings. The number of nitrogens with two attached hydrogens (primary N) is 1. The van der Waals surface area contributed by atoms with Crippen LogP contribution in [0.2, 0.25) is 0 Å². The summed E-state index contributed by atoms with van der Waals surface area (Å²) in [7, 11) is 0. The summed E-state index contributed by atoms with van der Waals surface area (Å²) in [4.78, 5) is 4.13. The second-order valence-corrected chi connectivity index (χ2v) is 4.33. The summed E-state index contributed by atoms with van der Waals surface area (Å²) in [6.45, 7) is 0.387. The van der Waals surface area contributed by atoms with Crippen molar-refractivity contribution in [3.8, 4) is 11.6 Å². The van der Waals surface area contributed by atoms with Crippen molar-refractivity contribution in [3.63, 3.8) is 0 Å². The van der Waals surface area contributed by atoms with E-state index in [9.17, 15) is 0 Å². The standard InChI is InChI=1S/C14H13N3O3/c15-13(17-18)10-4-1-3-9(7-10)12-8-19-11-5-2-6-16-14(11)20-12/h1-7,12,18H,8H2,(H2,15,17). The predicted octanol–water partition coefficient (Wildman–Crippen LogP) is 1.69. The molecule has 0 saturated carbocycles. The van der Waals surface area contributed by atoms with Crippen molar-refractivity contribution in [1.29, 1.82) is 0 Å². The fourth-order valence-corrected chi connectivity index (χ4v) is 2.03. The van der Waals surface area contributed by atoms with E-state index in [-0.39, 0.29) is 11.9 Å². The molecule has 1 atom stereocenters. The van der Waals surface area contributed by atoms with E-state index >= 15 is 0 Å². The molecule has 0 radical (unpaired) electrons. The van der Waals surface area contributed by atoms with E-state index in [2.05, 4.69) is 10.1 Å². The molecule has 6 nitrogen and oxygen atoms in total. The maximum Gasteiger partial charge on any atom is 0.257 e. The molecule has 0 aliphatic carbocycles. The highest BCUT2D eigenvalue weighted by Crippen LogP contribution is 2.33. The zero-order valence-electron chi connectivity index (χ0n) is 10.6. The average Bonchev–Trinajstić information content (AvgIpc) is 2.53. The van der Waals surface area contributed by atoms with E-state index in [1.165, 1.54) is 0 Å². The number of fused-ring (bicyclic) bond motifs is 1. The first-order chi connectivity index (χ1) is 9.78. The third kappa shape index (κ3) is 2.23. The van der Waals surface area contributed by atoms with Crippen molar-refractivity contribution in [2.45, 2.75) is 6.10 Å². The van der Waals surface area contributed by atoms with Gasteiger partial charge < -0.3 is 20.4 Å². The molecule has 1 aromatic carbocycles. The van der Waals surface area contributed by atoms with E-state index < -0.39 is 0 Å². The minimum absolute atomic E-state index is 0.0575. The van der Waals surface area contributed by atoms with Gasteiger partial charge >= 0.3 is 0 Å². The number of amidine groups is 1. The Balaban J connectivity index is 1.88. The van der Waals surface area contributed by atoms with Crippen molar-refractivity contribution in [1.82, 2.24) is 4.98 Å². The smallest absolute Gasteiger partial charge is 0.257 e. The van der Waals surface area contributed by atoms with Crippen LogP contribution in [0.25, 0.3) is 0 Å². The van der Waals surface area contributed by atoms with Gasteiger partial charge in [0.25, 0.3) is 5.88 Å². The number of oxime groups is 1. The van der Waals surface area contributed by atoms with Gasteiger partial charge in [-0.25, -0.2) is 4.98 Å². The molecule has 0 spiro atoms. The Kier molecular flexibility index (Phi) is 3.12. The molecule has 1 aliphatic heterocycles. The molecule has 3 N–H and O–H groups in total. The number of benzene rings is 1. The fraction of sp³-hybridized carbons (Fsp3) is 0.143. The molecule has 1 unspecified atom stereocenters. The molecule has 0 saturated heterocycles. The van der Waals surface area contributed by atoms with Crippen LogP contribution in [0, 0.1) is 0 Å². The molecular weight excluding hydrogens is 258 g/mol. The zero-order valence-corrected chi connectivity index (χ0v) is 10.6. The highest BCUT2D eigenvalue weighted by molar-refractivity contribution is 5.97. The molecule has 1 aromatic heterocycles. The van der Waals surface area contributed by atoms with Crippen molar-refractivity contribution in [2.75, 3.05) is 6.61 Å². The van der Waals surface area contributed by atoms with Crippen molar-refractivity contribution in [3.05, 3.63) is 53.7 Å². The number of aromatic nitrogens is 1. The van der Waals surface area contributed by atoms with Gasteiger partial charge in [0.15, 0.2) is 17.7 Å². The van der Waals surface area contributed by atoms with Crippen LogP contribution < -0.4 is 15.2 Å². The number of ether oxygens (including phenoxy) is 2. The minimum Gasteiger partial charge on any atom is -0.484 e. The maximum absolute atomic E-state index is 8.72. The maximum atomic E-state index is 8.72. The Morgan fingerprint density at radius 2 is 2.25 bits per heavy atom. The first-order valence-corrected chi connectivity index (χ1v) is 6.10. The second-order valence-electron chi connectivity index (χ2n) is 4.33. The number of hydrogen-bond acceptors (Lipinski definition) is 5. The van der Waals surface area contributed by atoms with Crippen LogP contribution in [0.3, 0.4) is 0 Å². The molecular formula is C14H13N3O3. The first kappa shape index (κ1) is 12.3. The van der Waals surface area contributed by atoms with Crippen LogP contribution in [0.15, 0.2) is 47.8 Å². The Hall–Kier alpha value is -2.76. The zero-order chi connectivity index (χ0) is 13.9. The van der Waals surface area contributed by atoms with Gasteiger partial charge in [-0.3, -0.25) is 0 Å². The van der Waals surface area contributed by atoms with Gasteiger partial charge in [-0.1, -0.05) is 23.4 Å². The van der Waals surface area contributed by atoms with Crippen molar-refractivity contribution < 1.29 is 14.7 Å². The van der Waals surface area contributed by atoms with Crippen LogP contribution in [0.4, 0.5) is 0 Å². The summed E-state index contributed by atoms with van der Waals surface area (Å²) >= 11 is 0. The van der Waals surface area contributed by atoms with Crippen molar-refractivity contribution >= 4 is 5.84 Å². The monoisotopic (exact) mass is 271 g/mol. The Bertz CT molecular complexity index is 658. The molecule has 6 heteroatoms. The molecule has 0 amide bonds. The van der Waals surface area contributed by atoms with Gasteiger partial charge in [0.05, 0.1) is 0 Å². The molecule has 20 heavy (non-hydrogen) atoms. The minimum atomic E-state index is -0.274. The summed E-state index contributed by atoms with van der Waals surface area (Å²) in [6.07, 6.45) is 1.38. The summed E-state index contributed by atoms with van der Waals surface area (Å²) in [5.41, 5.74) is 7.09. The molecule has 0 fully saturated rings. The lowest BCUT2D eigenvalue weighted by Gasteiger charge is -2.25. The molecule has 2 heterocycles. The molecule has 0 bridgehead atoms. The highest BCUT2D eigenvalue weighted by atomic mass is 16.6. The summed E-state index contributed by atoms with van der Waals surface area (Å²) in [6, 6.07) is 10.9. The first-order valence-electron chi connectivity index (χ1n) is 6.10.